The highest BCUT2D eigenvalue weighted by molar-refractivity contribution is 7.59. The van der Waals surface area contributed by atoms with Crippen LogP contribution in [-0.2, 0) is 16.0 Å². The third kappa shape index (κ3) is 4.76. The maximum absolute atomic E-state index is 13.2. The van der Waals surface area contributed by atoms with E-state index in [2.05, 4.69) is 71.3 Å². The Morgan fingerprint density at radius 2 is 1.78 bits per heavy atom. The lowest BCUT2D eigenvalue weighted by atomic mass is 9.86. The summed E-state index contributed by atoms with van der Waals surface area (Å²) in [4.78, 5) is 21.4. The van der Waals surface area contributed by atoms with E-state index in [0.29, 0.717) is 12.1 Å². The second-order valence-electron chi connectivity index (χ2n) is 10.2. The number of nitrogens with one attached hydrogen (secondary N) is 1. The highest BCUT2D eigenvalue weighted by Crippen LogP contribution is 2.43. The van der Waals surface area contributed by atoms with Crippen LogP contribution in [0.4, 0.5) is 5.69 Å². The second-order valence-corrected chi connectivity index (χ2v) is 10.2. The predicted octanol–water partition coefficient (Wildman–Crippen LogP) is 5.43. The smallest absolute Gasteiger partial charge is 0.299 e. The molecule has 2 saturated heterocycles. The summed E-state index contributed by atoms with van der Waals surface area (Å²) < 4.78 is 5.78. The number of hydrogen-bond donors (Lipinski definition) is 1. The van der Waals surface area contributed by atoms with Crippen LogP contribution in [0.3, 0.4) is 0 Å². The molecule has 3 aliphatic rings. The molecule has 3 aromatic rings. The van der Waals surface area contributed by atoms with Gasteiger partial charge in [0.25, 0.3) is 5.91 Å². The number of carbonyl (C=O) groups excluding carboxylic acids is 1. The van der Waals surface area contributed by atoms with Crippen LogP contribution in [0.1, 0.15) is 61.9 Å². The Morgan fingerprint density at radius 3 is 2.46 bits per heavy atom. The minimum atomic E-state index is -0.226. The molecule has 1 N–H and O–H groups in total. The van der Waals surface area contributed by atoms with E-state index in [1.807, 2.05) is 4.90 Å². The van der Waals surface area contributed by atoms with Crippen LogP contribution < -0.4 is 4.90 Å². The molecule has 2 bridgehead atoms. The summed E-state index contributed by atoms with van der Waals surface area (Å²) in [6, 6.07) is 18.1. The number of aromatic nitrogens is 1. The number of hydrogen-bond acceptors (Lipinski definition) is 3. The normalized spacial score (nSPS) is 24.1. The van der Waals surface area contributed by atoms with Crippen molar-refractivity contribution in [2.24, 2.45) is 0 Å². The number of terminal acetylenes is 1. The van der Waals surface area contributed by atoms with E-state index in [-0.39, 0.29) is 45.0 Å². The van der Waals surface area contributed by atoms with E-state index in [1.54, 1.807) is 0 Å². The number of aromatic amines is 1. The number of fused-ring (bicyclic) bond motifs is 5. The lowest BCUT2D eigenvalue weighted by molar-refractivity contribution is -0.130. The largest absolute Gasteiger partial charge is 0.377 e. The molecule has 196 valence electrons. The summed E-state index contributed by atoms with van der Waals surface area (Å²) in [6.07, 6.45) is 12.1. The number of ether oxygens (including phenoxy) is 1. The minimum Gasteiger partial charge on any atom is -0.377 e. The fourth-order valence-electron chi connectivity index (χ4n) is 6.60. The summed E-state index contributed by atoms with van der Waals surface area (Å²) in [5, 5.41) is 1.25. The van der Waals surface area contributed by atoms with E-state index in [4.69, 9.17) is 11.2 Å². The van der Waals surface area contributed by atoms with Gasteiger partial charge in [-0.25, -0.2) is 0 Å². The molecule has 6 rings (SSSR count). The lowest BCUT2D eigenvalue weighted by Gasteiger charge is -2.42. The van der Waals surface area contributed by atoms with Crippen LogP contribution >= 0.6 is 27.0 Å². The average Bonchev–Trinajstić information content (AvgIpc) is 3.39. The number of anilines is 1. The Kier molecular flexibility index (Phi) is 8.52. The monoisotopic (exact) mass is 535 g/mol. The van der Waals surface area contributed by atoms with Crippen molar-refractivity contribution in [1.82, 2.24) is 9.88 Å². The van der Waals surface area contributed by atoms with E-state index >= 15 is 0 Å². The van der Waals surface area contributed by atoms with Crippen LogP contribution in [0.2, 0.25) is 0 Å². The molecule has 2 fully saturated rings. The number of amides is 1. The topological polar surface area (TPSA) is 48.6 Å². The molecule has 0 aliphatic carbocycles. The van der Waals surface area contributed by atoms with Gasteiger partial charge in [-0.1, -0.05) is 50.1 Å². The third-order valence-corrected chi connectivity index (χ3v) is 8.23. The molecule has 3 aliphatic heterocycles. The first-order chi connectivity index (χ1) is 17.2. The van der Waals surface area contributed by atoms with E-state index in [9.17, 15) is 4.79 Å². The molecule has 7 heteroatoms. The predicted molar refractivity (Wildman–Crippen MR) is 160 cm³/mol. The maximum Gasteiger partial charge on any atom is 0.299 e. The number of rotatable bonds is 5. The first-order valence-corrected chi connectivity index (χ1v) is 13.0. The van der Waals surface area contributed by atoms with E-state index in [0.717, 1.165) is 55.7 Å². The van der Waals surface area contributed by atoms with E-state index < -0.39 is 0 Å². The summed E-state index contributed by atoms with van der Waals surface area (Å²) in [5.74, 6) is 2.21. The van der Waals surface area contributed by atoms with Crippen molar-refractivity contribution in [2.75, 3.05) is 18.1 Å². The van der Waals surface area contributed by atoms with Crippen molar-refractivity contribution in [2.45, 2.75) is 69.6 Å². The molecule has 2 unspecified atom stereocenters. The van der Waals surface area contributed by atoms with Gasteiger partial charge in [-0.3, -0.25) is 4.79 Å². The number of para-hydroxylation sites is 1. The zero-order valence-corrected chi connectivity index (χ0v) is 23.4. The third-order valence-electron chi connectivity index (χ3n) is 8.23. The molecule has 1 aromatic heterocycles. The van der Waals surface area contributed by atoms with Crippen LogP contribution in [0.25, 0.3) is 10.9 Å². The summed E-state index contributed by atoms with van der Waals surface area (Å²) >= 11 is 0. The van der Waals surface area contributed by atoms with Gasteiger partial charge >= 0.3 is 0 Å². The summed E-state index contributed by atoms with van der Waals surface area (Å²) in [7, 11) is 0. The number of unbranched alkanes of at least 4 members (excludes halogenated alkanes) is 1. The van der Waals surface area contributed by atoms with Gasteiger partial charge in [-0.15, -0.1) is 6.42 Å². The first kappa shape index (κ1) is 27.5. The van der Waals surface area contributed by atoms with Gasteiger partial charge in [0.15, 0.2) is 0 Å². The Morgan fingerprint density at radius 1 is 1.08 bits per heavy atom. The van der Waals surface area contributed by atoms with Crippen molar-refractivity contribution in [3.05, 3.63) is 65.4 Å². The SMILES string of the molecule is C#CC(=O)N1[C@@H](CCCC)Cc2c([nH]c3ccccc23)[C@@H]1c1ccc(N2C3CCC2COC3)cc1.S.S. The van der Waals surface area contributed by atoms with Gasteiger partial charge in [0.05, 0.1) is 31.3 Å². The minimum absolute atomic E-state index is 0. The maximum atomic E-state index is 13.2. The lowest BCUT2D eigenvalue weighted by Crippen LogP contribution is -2.47. The number of carbonyl (C=O) groups is 1. The number of nitrogens with zero attached hydrogens (tertiary/aromatic N) is 2. The number of benzene rings is 2. The fourth-order valence-corrected chi connectivity index (χ4v) is 6.60. The van der Waals surface area contributed by atoms with Crippen molar-refractivity contribution in [3.63, 3.8) is 0 Å². The average molecular weight is 536 g/mol. The molecule has 0 saturated carbocycles. The van der Waals surface area contributed by atoms with Gasteiger partial charge in [0, 0.05) is 28.3 Å². The van der Waals surface area contributed by atoms with Gasteiger partial charge in [0.1, 0.15) is 0 Å². The number of morpholine rings is 1. The van der Waals surface area contributed by atoms with Gasteiger partial charge < -0.3 is 19.5 Å². The van der Waals surface area contributed by atoms with Crippen LogP contribution in [0.5, 0.6) is 0 Å². The highest BCUT2D eigenvalue weighted by atomic mass is 32.1. The zero-order valence-electron chi connectivity index (χ0n) is 21.4. The van der Waals surface area contributed by atoms with Crippen molar-refractivity contribution < 1.29 is 9.53 Å². The molecule has 0 spiro atoms. The Hall–Kier alpha value is -2.53. The fraction of sp³-hybridized carbons (Fsp3) is 0.433. The number of H-pyrrole nitrogens is 1. The highest BCUT2D eigenvalue weighted by Gasteiger charge is 2.40. The van der Waals surface area contributed by atoms with Gasteiger partial charge in [-0.05, 0) is 60.9 Å². The summed E-state index contributed by atoms with van der Waals surface area (Å²) in [6.45, 7) is 3.81. The molecule has 4 atom stereocenters. The molecule has 5 nitrogen and oxygen atoms in total. The second kappa shape index (κ2) is 11.5. The van der Waals surface area contributed by atoms with E-state index in [1.165, 1.54) is 29.5 Å². The Balaban J connectivity index is 0.00000160. The summed E-state index contributed by atoms with van der Waals surface area (Å²) in [5.41, 5.74) is 5.89. The van der Waals surface area contributed by atoms with Crippen LogP contribution in [0, 0.1) is 12.3 Å². The van der Waals surface area contributed by atoms with Crippen molar-refractivity contribution in [1.29, 1.82) is 0 Å². The molecule has 37 heavy (non-hydrogen) atoms. The zero-order chi connectivity index (χ0) is 23.9. The standard InChI is InChI=1S/C30H33N3O2.2H2S/c1-3-5-8-22-17-26-25-9-6-7-10-27(25)31-29(26)30(33(22)28(34)4-2)20-11-13-21(14-12-20)32-23-15-16-24(32)19-35-18-23;;/h2,6-7,9-14,22-24,30-31H,3,5,8,15-19H2,1H3;2*1H2/t22-,23?,24?,30-;;/m0../s1. The Labute approximate surface area is 233 Å². The molecule has 2 aromatic carbocycles. The van der Waals surface area contributed by atoms with Crippen LogP contribution in [-0.4, -0.2) is 47.1 Å². The van der Waals surface area contributed by atoms with Crippen molar-refractivity contribution >= 4 is 49.5 Å². The molecule has 0 radical (unpaired) electrons. The molecular weight excluding hydrogens is 498 g/mol. The van der Waals surface area contributed by atoms with Crippen LogP contribution in [0.15, 0.2) is 48.5 Å². The Bertz CT molecular complexity index is 1270. The van der Waals surface area contributed by atoms with Crippen molar-refractivity contribution in [3.8, 4) is 12.3 Å². The quantitative estimate of drug-likeness (QED) is 0.444. The molecule has 1 amide bonds. The molecular formula is C30H37N3O2S2. The molecule has 4 heterocycles. The first-order valence-electron chi connectivity index (χ1n) is 13.0. The van der Waals surface area contributed by atoms with Gasteiger partial charge in [0.2, 0.25) is 0 Å². The van der Waals surface area contributed by atoms with Gasteiger partial charge in [-0.2, -0.15) is 27.0 Å².